The molecule has 0 amide bonds. The molecule has 0 fully saturated rings. The van der Waals surface area contributed by atoms with Crippen molar-refractivity contribution in [2.75, 3.05) is 19.7 Å². The topological polar surface area (TPSA) is 38.3 Å². The highest BCUT2D eigenvalue weighted by Crippen LogP contribution is 2.28. The molecule has 2 rings (SSSR count). The Morgan fingerprint density at radius 3 is 3.18 bits per heavy atom. The fraction of sp³-hybridized carbons (Fsp3) is 0.500. The van der Waals surface area contributed by atoms with Crippen LogP contribution in [-0.4, -0.2) is 25.5 Å². The molecule has 1 N–H and O–H groups in total. The Bertz CT molecular complexity index is 401. The Kier molecular flexibility index (Phi) is 4.15. The number of hydrogen-bond acceptors (Lipinski definition) is 3. The molecule has 0 radical (unpaired) electrons. The van der Waals surface area contributed by atoms with Crippen LogP contribution in [0, 0.1) is 0 Å². The minimum absolute atomic E-state index is 0.122. The van der Waals surface area contributed by atoms with Crippen LogP contribution in [0.3, 0.4) is 0 Å². The van der Waals surface area contributed by atoms with Gasteiger partial charge in [-0.1, -0.05) is 19.1 Å². The highest BCUT2D eigenvalue weighted by atomic mass is 16.5. The number of hydrogen-bond donors (Lipinski definition) is 1. The minimum Gasteiger partial charge on any atom is -0.493 e. The van der Waals surface area contributed by atoms with E-state index in [1.807, 2.05) is 18.2 Å². The van der Waals surface area contributed by atoms with Crippen LogP contribution >= 0.6 is 0 Å². The Hall–Kier alpha value is -1.35. The first kappa shape index (κ1) is 12.1. The highest BCUT2D eigenvalue weighted by molar-refractivity contribution is 6.00. The second-order valence-corrected chi connectivity index (χ2v) is 4.35. The predicted octanol–water partition coefficient (Wildman–Crippen LogP) is 2.19. The Labute approximate surface area is 102 Å². The number of aryl methyl sites for hydroxylation is 1. The lowest BCUT2D eigenvalue weighted by Crippen LogP contribution is -2.24. The van der Waals surface area contributed by atoms with E-state index in [9.17, 15) is 4.79 Å². The maximum Gasteiger partial charge on any atom is 0.180 e. The van der Waals surface area contributed by atoms with E-state index in [0.717, 1.165) is 49.3 Å². The molecule has 1 aromatic rings. The van der Waals surface area contributed by atoms with Crippen LogP contribution < -0.4 is 10.1 Å². The lowest BCUT2D eigenvalue weighted by atomic mass is 10.00. The molecule has 1 aliphatic rings. The molecule has 0 unspecified atom stereocenters. The molecule has 0 aliphatic carbocycles. The van der Waals surface area contributed by atoms with Crippen molar-refractivity contribution in [1.82, 2.24) is 5.32 Å². The molecule has 1 heterocycles. The number of nitrogens with one attached hydrogen (secondary N) is 1. The Morgan fingerprint density at radius 1 is 1.47 bits per heavy atom. The molecular formula is C14H19NO2. The number of para-hydroxylation sites is 1. The van der Waals surface area contributed by atoms with Crippen LogP contribution in [-0.2, 0) is 6.42 Å². The van der Waals surface area contributed by atoms with E-state index in [-0.39, 0.29) is 5.78 Å². The van der Waals surface area contributed by atoms with Gasteiger partial charge in [0.2, 0.25) is 0 Å². The number of ether oxygens (including phenoxy) is 1. The Morgan fingerprint density at radius 2 is 2.35 bits per heavy atom. The van der Waals surface area contributed by atoms with E-state index in [4.69, 9.17) is 4.74 Å². The molecule has 3 heteroatoms. The van der Waals surface area contributed by atoms with E-state index in [2.05, 4.69) is 12.2 Å². The second kappa shape index (κ2) is 5.82. The van der Waals surface area contributed by atoms with Crippen molar-refractivity contribution < 1.29 is 9.53 Å². The second-order valence-electron chi connectivity index (χ2n) is 4.35. The molecule has 0 spiro atoms. The molecule has 0 saturated carbocycles. The van der Waals surface area contributed by atoms with Crippen LogP contribution in [0.4, 0.5) is 0 Å². The molecule has 92 valence electrons. The van der Waals surface area contributed by atoms with Gasteiger partial charge in [0.1, 0.15) is 5.75 Å². The summed E-state index contributed by atoms with van der Waals surface area (Å²) >= 11 is 0. The maximum absolute atomic E-state index is 12.0. The van der Waals surface area contributed by atoms with Gasteiger partial charge < -0.3 is 10.1 Å². The molecule has 1 aliphatic heterocycles. The van der Waals surface area contributed by atoms with Gasteiger partial charge in [0.05, 0.1) is 18.7 Å². The molecule has 0 saturated heterocycles. The van der Waals surface area contributed by atoms with Crippen molar-refractivity contribution in [1.29, 1.82) is 0 Å². The predicted molar refractivity (Wildman–Crippen MR) is 67.7 cm³/mol. The van der Waals surface area contributed by atoms with Crippen molar-refractivity contribution in [3.05, 3.63) is 29.3 Å². The summed E-state index contributed by atoms with van der Waals surface area (Å²) in [5.41, 5.74) is 1.89. The van der Waals surface area contributed by atoms with Gasteiger partial charge in [0.15, 0.2) is 5.78 Å². The average Bonchev–Trinajstić information content (AvgIpc) is 2.38. The van der Waals surface area contributed by atoms with Crippen LogP contribution in [0.25, 0.3) is 0 Å². The first-order valence-electron chi connectivity index (χ1n) is 6.31. The third-order valence-electron chi connectivity index (χ3n) is 2.95. The lowest BCUT2D eigenvalue weighted by molar-refractivity contribution is 0.0986. The fourth-order valence-electron chi connectivity index (χ4n) is 2.08. The molecular weight excluding hydrogens is 214 g/mol. The number of rotatable bonds is 5. The molecule has 17 heavy (non-hydrogen) atoms. The van der Waals surface area contributed by atoms with Crippen LogP contribution in [0.2, 0.25) is 0 Å². The normalized spacial score (nSPS) is 13.9. The van der Waals surface area contributed by atoms with Crippen LogP contribution in [0.5, 0.6) is 5.75 Å². The molecule has 0 bridgehead atoms. The van der Waals surface area contributed by atoms with Gasteiger partial charge in [-0.3, -0.25) is 4.79 Å². The number of carbonyl (C=O) groups excluding carboxylic acids is 1. The van der Waals surface area contributed by atoms with E-state index < -0.39 is 0 Å². The number of fused-ring (bicyclic) bond motifs is 1. The first-order valence-corrected chi connectivity index (χ1v) is 6.31. The monoisotopic (exact) mass is 233 g/mol. The standard InChI is InChI=1S/C14H19NO2/c1-2-8-15-10-13(16)12-7-3-5-11-6-4-9-17-14(11)12/h3,5,7,15H,2,4,6,8-10H2,1H3. The van der Waals surface area contributed by atoms with Crippen molar-refractivity contribution >= 4 is 5.78 Å². The third-order valence-corrected chi connectivity index (χ3v) is 2.95. The van der Waals surface area contributed by atoms with Gasteiger partial charge in [-0.25, -0.2) is 0 Å². The van der Waals surface area contributed by atoms with Gasteiger partial charge in [-0.2, -0.15) is 0 Å². The molecule has 1 aromatic carbocycles. The van der Waals surface area contributed by atoms with Gasteiger partial charge in [-0.15, -0.1) is 0 Å². The zero-order chi connectivity index (χ0) is 12.1. The van der Waals surface area contributed by atoms with Gasteiger partial charge in [0, 0.05) is 0 Å². The summed E-state index contributed by atoms with van der Waals surface area (Å²) in [4.78, 5) is 12.0. The summed E-state index contributed by atoms with van der Waals surface area (Å²) in [6, 6.07) is 5.85. The fourth-order valence-corrected chi connectivity index (χ4v) is 2.08. The van der Waals surface area contributed by atoms with E-state index >= 15 is 0 Å². The Balaban J connectivity index is 2.12. The zero-order valence-corrected chi connectivity index (χ0v) is 10.3. The van der Waals surface area contributed by atoms with Crippen molar-refractivity contribution in [3.8, 4) is 5.75 Å². The third kappa shape index (κ3) is 2.86. The van der Waals surface area contributed by atoms with Crippen molar-refractivity contribution in [2.24, 2.45) is 0 Å². The van der Waals surface area contributed by atoms with E-state index in [1.165, 1.54) is 0 Å². The van der Waals surface area contributed by atoms with Crippen LogP contribution in [0.15, 0.2) is 18.2 Å². The van der Waals surface area contributed by atoms with Gasteiger partial charge in [0.25, 0.3) is 0 Å². The molecule has 3 nitrogen and oxygen atoms in total. The number of carbonyl (C=O) groups is 1. The summed E-state index contributed by atoms with van der Waals surface area (Å²) < 4.78 is 5.63. The first-order chi connectivity index (χ1) is 8.33. The molecule has 0 atom stereocenters. The lowest BCUT2D eigenvalue weighted by Gasteiger charge is -2.19. The summed E-state index contributed by atoms with van der Waals surface area (Å²) in [6.45, 7) is 4.08. The average molecular weight is 233 g/mol. The SMILES string of the molecule is CCCNCC(=O)c1cccc2c1OCCC2. The minimum atomic E-state index is 0.122. The van der Waals surface area contributed by atoms with Crippen LogP contribution in [0.1, 0.15) is 35.7 Å². The van der Waals surface area contributed by atoms with Gasteiger partial charge in [-0.05, 0) is 37.4 Å². The maximum atomic E-state index is 12.0. The number of benzene rings is 1. The number of ketones is 1. The zero-order valence-electron chi connectivity index (χ0n) is 10.3. The smallest absolute Gasteiger partial charge is 0.180 e. The van der Waals surface area contributed by atoms with E-state index in [0.29, 0.717) is 6.54 Å². The summed E-state index contributed by atoms with van der Waals surface area (Å²) in [5.74, 6) is 0.930. The largest absolute Gasteiger partial charge is 0.493 e. The summed E-state index contributed by atoms with van der Waals surface area (Å²) in [5, 5.41) is 3.14. The quantitative estimate of drug-likeness (QED) is 0.626. The number of Topliss-reactive ketones (excluding diaryl/α,β-unsaturated/α-hetero) is 1. The summed E-state index contributed by atoms with van der Waals surface area (Å²) in [6.07, 6.45) is 3.09. The molecule has 0 aromatic heterocycles. The van der Waals surface area contributed by atoms with Gasteiger partial charge >= 0.3 is 0 Å². The van der Waals surface area contributed by atoms with Crippen molar-refractivity contribution in [3.63, 3.8) is 0 Å². The summed E-state index contributed by atoms with van der Waals surface area (Å²) in [7, 11) is 0. The highest BCUT2D eigenvalue weighted by Gasteiger charge is 2.18. The van der Waals surface area contributed by atoms with E-state index in [1.54, 1.807) is 0 Å². The van der Waals surface area contributed by atoms with Crippen molar-refractivity contribution in [2.45, 2.75) is 26.2 Å².